The molecule has 0 unspecified atom stereocenters. The van der Waals surface area contributed by atoms with Crippen molar-refractivity contribution < 1.29 is 14.6 Å². The van der Waals surface area contributed by atoms with Crippen molar-refractivity contribution >= 4 is 17.7 Å². The minimum Gasteiger partial charge on any atom is -0.453 e. The van der Waals surface area contributed by atoms with E-state index in [0.717, 1.165) is 0 Å². The molecule has 0 bridgehead atoms. The van der Waals surface area contributed by atoms with Crippen LogP contribution in [0.5, 0.6) is 0 Å². The topological polar surface area (TPSA) is 58.6 Å². The Morgan fingerprint density at radius 1 is 1.90 bits per heavy atom. The van der Waals surface area contributed by atoms with Gasteiger partial charge >= 0.3 is 6.09 Å². The standard InChI is InChI=1S/C5H10ClNO3/c1-10-5(9)7-3-4(8)2-6/h4,8H,2-3H2,1H3,(H,7,9)/t4-/m1/s1. The van der Waals surface area contributed by atoms with Gasteiger partial charge in [0.2, 0.25) is 0 Å². The molecule has 0 rings (SSSR count). The number of aliphatic hydroxyl groups is 1. The van der Waals surface area contributed by atoms with Crippen LogP contribution in [-0.2, 0) is 4.74 Å². The third kappa shape index (κ3) is 4.40. The van der Waals surface area contributed by atoms with Crippen LogP contribution >= 0.6 is 11.6 Å². The van der Waals surface area contributed by atoms with Gasteiger partial charge in [0, 0.05) is 6.54 Å². The van der Waals surface area contributed by atoms with Gasteiger partial charge in [0.05, 0.1) is 19.1 Å². The molecule has 4 nitrogen and oxygen atoms in total. The summed E-state index contributed by atoms with van der Waals surface area (Å²) in [6.07, 6.45) is -1.27. The monoisotopic (exact) mass is 167 g/mol. The third-order valence-corrected chi connectivity index (χ3v) is 1.20. The fraction of sp³-hybridized carbons (Fsp3) is 0.800. The minimum atomic E-state index is -0.708. The number of nitrogens with one attached hydrogen (secondary N) is 1. The van der Waals surface area contributed by atoms with Crippen LogP contribution in [0, 0.1) is 0 Å². The molecule has 0 aromatic heterocycles. The number of ether oxygens (including phenoxy) is 1. The van der Waals surface area contributed by atoms with E-state index >= 15 is 0 Å². The maximum absolute atomic E-state index is 10.3. The van der Waals surface area contributed by atoms with Crippen LogP contribution in [0.25, 0.3) is 0 Å². The molecule has 1 atom stereocenters. The van der Waals surface area contributed by atoms with Gasteiger partial charge in [-0.1, -0.05) is 0 Å². The van der Waals surface area contributed by atoms with Crippen molar-refractivity contribution in [2.75, 3.05) is 19.5 Å². The highest BCUT2D eigenvalue weighted by molar-refractivity contribution is 6.18. The van der Waals surface area contributed by atoms with Gasteiger partial charge in [-0.05, 0) is 0 Å². The second-order valence-electron chi connectivity index (χ2n) is 1.68. The van der Waals surface area contributed by atoms with Crippen molar-refractivity contribution in [1.82, 2.24) is 5.32 Å². The molecular weight excluding hydrogens is 158 g/mol. The van der Waals surface area contributed by atoms with E-state index in [4.69, 9.17) is 16.7 Å². The Hall–Kier alpha value is -0.480. The molecule has 2 N–H and O–H groups in total. The fourth-order valence-electron chi connectivity index (χ4n) is 0.328. The second-order valence-corrected chi connectivity index (χ2v) is 1.99. The van der Waals surface area contributed by atoms with Crippen LogP contribution in [0.2, 0.25) is 0 Å². The first-order valence-electron chi connectivity index (χ1n) is 2.76. The quantitative estimate of drug-likeness (QED) is 0.580. The van der Waals surface area contributed by atoms with Gasteiger partial charge in [0.15, 0.2) is 0 Å². The van der Waals surface area contributed by atoms with Crippen LogP contribution in [-0.4, -0.2) is 36.8 Å². The number of rotatable bonds is 3. The van der Waals surface area contributed by atoms with Crippen molar-refractivity contribution in [3.63, 3.8) is 0 Å². The molecule has 0 aliphatic rings. The summed E-state index contributed by atoms with van der Waals surface area (Å²) in [4.78, 5) is 10.3. The number of halogens is 1. The zero-order chi connectivity index (χ0) is 7.98. The average molecular weight is 168 g/mol. The summed E-state index contributed by atoms with van der Waals surface area (Å²) >= 11 is 5.24. The number of aliphatic hydroxyl groups excluding tert-OH is 1. The second kappa shape index (κ2) is 5.32. The summed E-state index contributed by atoms with van der Waals surface area (Å²) in [5, 5.41) is 11.1. The molecule has 60 valence electrons. The molecule has 5 heteroatoms. The molecule has 0 heterocycles. The summed E-state index contributed by atoms with van der Waals surface area (Å²) in [6, 6.07) is 0. The van der Waals surface area contributed by atoms with Crippen molar-refractivity contribution in [2.24, 2.45) is 0 Å². The first-order chi connectivity index (χ1) is 4.70. The number of carbonyl (C=O) groups excluding carboxylic acids is 1. The molecule has 0 aliphatic carbocycles. The van der Waals surface area contributed by atoms with Gasteiger partial charge in [-0.15, -0.1) is 11.6 Å². The van der Waals surface area contributed by atoms with Gasteiger partial charge in [-0.2, -0.15) is 0 Å². The number of carbonyl (C=O) groups is 1. The number of alkyl halides is 1. The predicted molar refractivity (Wildman–Crippen MR) is 37.1 cm³/mol. The highest BCUT2D eigenvalue weighted by Gasteiger charge is 2.03. The van der Waals surface area contributed by atoms with Crippen LogP contribution in [0.1, 0.15) is 0 Å². The molecule has 0 aromatic rings. The molecule has 1 amide bonds. The Labute approximate surface area is 64.1 Å². The Balaban J connectivity index is 3.26. The number of hydrogen-bond donors (Lipinski definition) is 2. The molecule has 0 saturated carbocycles. The number of methoxy groups -OCH3 is 1. The van der Waals surface area contributed by atoms with Crippen molar-refractivity contribution in [3.05, 3.63) is 0 Å². The van der Waals surface area contributed by atoms with Crippen molar-refractivity contribution in [2.45, 2.75) is 6.10 Å². The van der Waals surface area contributed by atoms with E-state index in [9.17, 15) is 4.79 Å². The lowest BCUT2D eigenvalue weighted by atomic mass is 10.4. The van der Waals surface area contributed by atoms with Gasteiger partial charge in [-0.3, -0.25) is 0 Å². The van der Waals surface area contributed by atoms with Gasteiger partial charge in [-0.25, -0.2) is 4.79 Å². The van der Waals surface area contributed by atoms with Crippen LogP contribution in [0.4, 0.5) is 4.79 Å². The minimum absolute atomic E-state index is 0.101. The fourth-order valence-corrected chi connectivity index (χ4v) is 0.437. The Morgan fingerprint density at radius 3 is 2.90 bits per heavy atom. The van der Waals surface area contributed by atoms with E-state index in [2.05, 4.69) is 10.1 Å². The van der Waals surface area contributed by atoms with Crippen molar-refractivity contribution in [3.8, 4) is 0 Å². The molecule has 10 heavy (non-hydrogen) atoms. The average Bonchev–Trinajstić information content (AvgIpc) is 1.99. The van der Waals surface area contributed by atoms with Crippen molar-refractivity contribution in [1.29, 1.82) is 0 Å². The molecule has 0 aliphatic heterocycles. The number of alkyl carbamates (subject to hydrolysis) is 1. The highest BCUT2D eigenvalue weighted by Crippen LogP contribution is 1.84. The maximum Gasteiger partial charge on any atom is 0.406 e. The lowest BCUT2D eigenvalue weighted by molar-refractivity contribution is 0.154. The SMILES string of the molecule is COC(=O)NC[C@H](O)CCl. The largest absolute Gasteiger partial charge is 0.453 e. The smallest absolute Gasteiger partial charge is 0.406 e. The predicted octanol–water partition coefficient (Wildman–Crippen LogP) is -0.0579. The Bertz CT molecular complexity index is 109. The van der Waals surface area contributed by atoms with E-state index < -0.39 is 12.2 Å². The lowest BCUT2D eigenvalue weighted by Crippen LogP contribution is -2.32. The maximum atomic E-state index is 10.3. The highest BCUT2D eigenvalue weighted by atomic mass is 35.5. The number of hydrogen-bond acceptors (Lipinski definition) is 3. The Morgan fingerprint density at radius 2 is 2.50 bits per heavy atom. The summed E-state index contributed by atoms with van der Waals surface area (Å²) < 4.78 is 4.24. The molecule has 0 aromatic carbocycles. The van der Waals surface area contributed by atoms with E-state index in [1.165, 1.54) is 7.11 Å². The number of amides is 1. The van der Waals surface area contributed by atoms with Crippen LogP contribution in [0.3, 0.4) is 0 Å². The van der Waals surface area contributed by atoms with Crippen LogP contribution in [0.15, 0.2) is 0 Å². The van der Waals surface area contributed by atoms with Gasteiger partial charge in [0.25, 0.3) is 0 Å². The van der Waals surface area contributed by atoms with E-state index in [-0.39, 0.29) is 12.4 Å². The summed E-state index contributed by atoms with van der Waals surface area (Å²) in [5.41, 5.74) is 0. The summed E-state index contributed by atoms with van der Waals surface area (Å²) in [5.74, 6) is 0.101. The molecule has 0 radical (unpaired) electrons. The zero-order valence-corrected chi connectivity index (χ0v) is 6.39. The Kier molecular flexibility index (Phi) is 5.06. The zero-order valence-electron chi connectivity index (χ0n) is 5.63. The molecular formula is C5H10ClNO3. The van der Waals surface area contributed by atoms with Gasteiger partial charge < -0.3 is 15.2 Å². The summed E-state index contributed by atoms with van der Waals surface area (Å²) in [7, 11) is 1.25. The molecule has 0 fully saturated rings. The van der Waals surface area contributed by atoms with Gasteiger partial charge in [0.1, 0.15) is 0 Å². The first kappa shape index (κ1) is 9.52. The van der Waals surface area contributed by atoms with Crippen LogP contribution < -0.4 is 5.32 Å². The normalized spacial score (nSPS) is 12.3. The lowest BCUT2D eigenvalue weighted by Gasteiger charge is -2.06. The van der Waals surface area contributed by atoms with E-state index in [0.29, 0.717) is 0 Å². The molecule has 0 spiro atoms. The molecule has 0 saturated heterocycles. The first-order valence-corrected chi connectivity index (χ1v) is 3.30. The summed E-state index contributed by atoms with van der Waals surface area (Å²) in [6.45, 7) is 0.121. The van der Waals surface area contributed by atoms with E-state index in [1.54, 1.807) is 0 Å². The van der Waals surface area contributed by atoms with E-state index in [1.807, 2.05) is 0 Å². The third-order valence-electron chi connectivity index (χ3n) is 0.846.